The molecule has 3 nitrogen and oxygen atoms in total. The maximum atomic E-state index is 9.48. The smallest absolute Gasteiger partial charge is 0.0462 e. The quantitative estimate of drug-likeness (QED) is 0.801. The van der Waals surface area contributed by atoms with E-state index in [4.69, 9.17) is 0 Å². The first-order valence-electron chi connectivity index (χ1n) is 8.23. The average molecular weight is 268 g/mol. The number of hydrogen-bond acceptors (Lipinski definition) is 3. The van der Waals surface area contributed by atoms with Crippen molar-refractivity contribution in [2.45, 2.75) is 51.5 Å². The van der Waals surface area contributed by atoms with E-state index in [1.165, 1.54) is 51.6 Å². The van der Waals surface area contributed by atoms with Crippen molar-refractivity contribution in [2.75, 3.05) is 33.3 Å². The van der Waals surface area contributed by atoms with Gasteiger partial charge in [0.2, 0.25) is 0 Å². The largest absolute Gasteiger partial charge is 0.396 e. The lowest BCUT2D eigenvalue weighted by molar-refractivity contribution is 0.123. The molecule has 1 aliphatic heterocycles. The molecular weight excluding hydrogens is 236 g/mol. The zero-order valence-corrected chi connectivity index (χ0v) is 12.8. The Morgan fingerprint density at radius 3 is 2.58 bits per heavy atom. The number of hydrogen-bond donors (Lipinski definition) is 2. The molecule has 0 aromatic rings. The molecule has 3 heteroatoms. The molecule has 2 rings (SSSR count). The third kappa shape index (κ3) is 4.44. The van der Waals surface area contributed by atoms with Crippen molar-refractivity contribution in [2.24, 2.45) is 17.8 Å². The SMILES string of the molecule is CC(NCC1CCCCC1CO)C1CCCN(C)C1. The molecule has 1 saturated carbocycles. The molecule has 1 saturated heterocycles. The van der Waals surface area contributed by atoms with Gasteiger partial charge < -0.3 is 15.3 Å². The van der Waals surface area contributed by atoms with E-state index in [0.717, 1.165) is 12.5 Å². The van der Waals surface area contributed by atoms with Crippen LogP contribution in [0.2, 0.25) is 0 Å². The van der Waals surface area contributed by atoms with Crippen molar-refractivity contribution < 1.29 is 5.11 Å². The molecular formula is C16H32N2O. The predicted molar refractivity (Wildman–Crippen MR) is 80.2 cm³/mol. The molecule has 4 atom stereocenters. The highest BCUT2D eigenvalue weighted by molar-refractivity contribution is 4.82. The lowest BCUT2D eigenvalue weighted by Gasteiger charge is -2.36. The second kappa shape index (κ2) is 7.61. The Bertz CT molecular complexity index is 259. The number of aliphatic hydroxyl groups is 1. The van der Waals surface area contributed by atoms with E-state index in [1.54, 1.807) is 0 Å². The van der Waals surface area contributed by atoms with Crippen LogP contribution in [0.5, 0.6) is 0 Å². The van der Waals surface area contributed by atoms with Gasteiger partial charge in [-0.3, -0.25) is 0 Å². The number of nitrogens with zero attached hydrogens (tertiary/aromatic N) is 1. The van der Waals surface area contributed by atoms with Gasteiger partial charge in [-0.25, -0.2) is 0 Å². The van der Waals surface area contributed by atoms with Crippen LogP contribution in [-0.2, 0) is 0 Å². The summed E-state index contributed by atoms with van der Waals surface area (Å²) in [6, 6.07) is 0.615. The first-order valence-corrected chi connectivity index (χ1v) is 8.23. The molecule has 0 amide bonds. The minimum Gasteiger partial charge on any atom is -0.396 e. The van der Waals surface area contributed by atoms with E-state index in [1.807, 2.05) is 0 Å². The molecule has 112 valence electrons. The molecule has 2 aliphatic rings. The second-order valence-corrected chi connectivity index (χ2v) is 6.85. The fourth-order valence-electron chi connectivity index (χ4n) is 3.91. The summed E-state index contributed by atoms with van der Waals surface area (Å²) in [5.74, 6) is 2.04. The summed E-state index contributed by atoms with van der Waals surface area (Å²) in [5, 5.41) is 13.2. The van der Waals surface area contributed by atoms with Crippen LogP contribution in [0, 0.1) is 17.8 Å². The maximum absolute atomic E-state index is 9.48. The van der Waals surface area contributed by atoms with Crippen LogP contribution in [0.4, 0.5) is 0 Å². The molecule has 2 fully saturated rings. The van der Waals surface area contributed by atoms with Crippen LogP contribution >= 0.6 is 0 Å². The van der Waals surface area contributed by atoms with Crippen molar-refractivity contribution in [3.63, 3.8) is 0 Å². The summed E-state index contributed by atoms with van der Waals surface area (Å²) >= 11 is 0. The highest BCUT2D eigenvalue weighted by Gasteiger charge is 2.27. The van der Waals surface area contributed by atoms with Gasteiger partial charge in [0.1, 0.15) is 0 Å². The fraction of sp³-hybridized carbons (Fsp3) is 1.00. The monoisotopic (exact) mass is 268 g/mol. The molecule has 19 heavy (non-hydrogen) atoms. The van der Waals surface area contributed by atoms with Crippen LogP contribution in [0.25, 0.3) is 0 Å². The Hall–Kier alpha value is -0.120. The molecule has 1 heterocycles. The van der Waals surface area contributed by atoms with E-state index in [2.05, 4.69) is 24.2 Å². The first kappa shape index (κ1) is 15.3. The topological polar surface area (TPSA) is 35.5 Å². The van der Waals surface area contributed by atoms with Gasteiger partial charge in [0, 0.05) is 19.2 Å². The summed E-state index contributed by atoms with van der Waals surface area (Å²) in [5.41, 5.74) is 0. The van der Waals surface area contributed by atoms with Crippen LogP contribution < -0.4 is 5.32 Å². The highest BCUT2D eigenvalue weighted by Crippen LogP contribution is 2.29. The van der Waals surface area contributed by atoms with Crippen LogP contribution in [0.3, 0.4) is 0 Å². The van der Waals surface area contributed by atoms with E-state index >= 15 is 0 Å². The van der Waals surface area contributed by atoms with Crippen LogP contribution in [0.15, 0.2) is 0 Å². The van der Waals surface area contributed by atoms with E-state index in [-0.39, 0.29) is 0 Å². The highest BCUT2D eigenvalue weighted by atomic mass is 16.3. The number of rotatable bonds is 5. The third-order valence-corrected chi connectivity index (χ3v) is 5.37. The minimum atomic E-state index is 0.382. The molecule has 1 aliphatic carbocycles. The Labute approximate surface area is 118 Å². The molecule has 4 unspecified atom stereocenters. The van der Waals surface area contributed by atoms with E-state index in [9.17, 15) is 5.11 Å². The number of likely N-dealkylation sites (tertiary alicyclic amines) is 1. The van der Waals surface area contributed by atoms with Crippen LogP contribution in [0.1, 0.15) is 45.4 Å². The van der Waals surface area contributed by atoms with Gasteiger partial charge in [-0.15, -0.1) is 0 Å². The maximum Gasteiger partial charge on any atom is 0.0462 e. The molecule has 0 spiro atoms. The summed E-state index contributed by atoms with van der Waals surface area (Å²) in [4.78, 5) is 2.46. The van der Waals surface area contributed by atoms with Crippen molar-refractivity contribution in [3.05, 3.63) is 0 Å². The zero-order valence-electron chi connectivity index (χ0n) is 12.8. The van der Waals surface area contributed by atoms with Gasteiger partial charge in [0.25, 0.3) is 0 Å². The summed E-state index contributed by atoms with van der Waals surface area (Å²) in [7, 11) is 2.24. The zero-order chi connectivity index (χ0) is 13.7. The predicted octanol–water partition coefficient (Wildman–Crippen LogP) is 2.10. The summed E-state index contributed by atoms with van der Waals surface area (Å²) < 4.78 is 0. The fourth-order valence-corrected chi connectivity index (χ4v) is 3.91. The minimum absolute atomic E-state index is 0.382. The van der Waals surface area contributed by atoms with Gasteiger partial charge in [0.15, 0.2) is 0 Å². The summed E-state index contributed by atoms with van der Waals surface area (Å²) in [6.45, 7) is 6.33. The molecule has 0 aromatic carbocycles. The molecule has 0 radical (unpaired) electrons. The Balaban J connectivity index is 1.74. The van der Waals surface area contributed by atoms with Crippen molar-refractivity contribution in [3.8, 4) is 0 Å². The first-order chi connectivity index (χ1) is 9.20. The van der Waals surface area contributed by atoms with E-state index in [0.29, 0.717) is 24.5 Å². The van der Waals surface area contributed by atoms with Gasteiger partial charge in [-0.1, -0.05) is 12.8 Å². The van der Waals surface area contributed by atoms with Gasteiger partial charge in [-0.2, -0.15) is 0 Å². The number of nitrogens with one attached hydrogen (secondary N) is 1. The Morgan fingerprint density at radius 1 is 1.16 bits per heavy atom. The third-order valence-electron chi connectivity index (χ3n) is 5.37. The lowest BCUT2D eigenvalue weighted by Crippen LogP contribution is -2.45. The van der Waals surface area contributed by atoms with Crippen molar-refractivity contribution in [1.29, 1.82) is 0 Å². The summed E-state index contributed by atoms with van der Waals surface area (Å²) in [6.07, 6.45) is 7.90. The van der Waals surface area contributed by atoms with Gasteiger partial charge in [-0.05, 0) is 70.5 Å². The lowest BCUT2D eigenvalue weighted by atomic mass is 9.79. The van der Waals surface area contributed by atoms with Gasteiger partial charge in [0.05, 0.1) is 0 Å². The van der Waals surface area contributed by atoms with Crippen LogP contribution in [-0.4, -0.2) is 49.3 Å². The van der Waals surface area contributed by atoms with Gasteiger partial charge >= 0.3 is 0 Å². The molecule has 0 bridgehead atoms. The Kier molecular flexibility index (Phi) is 6.11. The average Bonchev–Trinajstić information content (AvgIpc) is 2.45. The van der Waals surface area contributed by atoms with Crippen molar-refractivity contribution in [1.82, 2.24) is 10.2 Å². The molecule has 2 N–H and O–H groups in total. The molecule has 0 aromatic heterocycles. The number of aliphatic hydroxyl groups excluding tert-OH is 1. The second-order valence-electron chi connectivity index (χ2n) is 6.85. The number of piperidine rings is 1. The Morgan fingerprint density at radius 2 is 1.89 bits per heavy atom. The van der Waals surface area contributed by atoms with Crippen molar-refractivity contribution >= 4 is 0 Å². The normalized spacial score (nSPS) is 35.2. The van der Waals surface area contributed by atoms with E-state index < -0.39 is 0 Å². The standard InChI is InChI=1S/C16H32N2O/c1-13(15-8-5-9-18(2)11-15)17-10-14-6-3-4-7-16(14)12-19/h13-17,19H,3-12H2,1-2H3.